The van der Waals surface area contributed by atoms with Crippen LogP contribution >= 0.6 is 0 Å². The summed E-state index contributed by atoms with van der Waals surface area (Å²) in [7, 11) is 0. The molecule has 1 aromatic carbocycles. The summed E-state index contributed by atoms with van der Waals surface area (Å²) in [6, 6.07) is 8.91. The van der Waals surface area contributed by atoms with E-state index in [2.05, 4.69) is 47.6 Å². The summed E-state index contributed by atoms with van der Waals surface area (Å²) in [5.41, 5.74) is 2.22. The molecule has 1 saturated heterocycles. The van der Waals surface area contributed by atoms with Crippen LogP contribution in [0.4, 0.5) is 5.69 Å². The molecular formula is C16H22N2O. The van der Waals surface area contributed by atoms with E-state index in [0.29, 0.717) is 6.04 Å². The lowest BCUT2D eigenvalue weighted by Gasteiger charge is -2.38. The SMILES string of the molecule is CC(C)N1CCN(c2ccc(C#CCO)cc2)CC1. The highest BCUT2D eigenvalue weighted by molar-refractivity contribution is 5.50. The Bertz CT molecular complexity index is 448. The van der Waals surface area contributed by atoms with Crippen molar-refractivity contribution in [3.63, 3.8) is 0 Å². The Morgan fingerprint density at radius 3 is 2.26 bits per heavy atom. The second kappa shape index (κ2) is 6.60. The van der Waals surface area contributed by atoms with Gasteiger partial charge in [0.05, 0.1) is 0 Å². The number of benzene rings is 1. The van der Waals surface area contributed by atoms with E-state index in [1.165, 1.54) is 5.69 Å². The molecule has 1 aliphatic heterocycles. The van der Waals surface area contributed by atoms with Gasteiger partial charge in [0.2, 0.25) is 0 Å². The Morgan fingerprint density at radius 1 is 1.11 bits per heavy atom. The fourth-order valence-corrected chi connectivity index (χ4v) is 2.39. The maximum atomic E-state index is 8.67. The van der Waals surface area contributed by atoms with E-state index in [-0.39, 0.29) is 6.61 Å². The minimum atomic E-state index is -0.0844. The van der Waals surface area contributed by atoms with Crippen molar-refractivity contribution in [2.75, 3.05) is 37.7 Å². The fourth-order valence-electron chi connectivity index (χ4n) is 2.39. The molecule has 0 unspecified atom stereocenters. The third-order valence-electron chi connectivity index (χ3n) is 3.59. The average Bonchev–Trinajstić information content (AvgIpc) is 2.46. The summed E-state index contributed by atoms with van der Waals surface area (Å²) in [5.74, 6) is 5.59. The average molecular weight is 258 g/mol. The maximum Gasteiger partial charge on any atom is 0.104 e. The van der Waals surface area contributed by atoms with Gasteiger partial charge in [-0.05, 0) is 38.1 Å². The molecule has 0 radical (unpaired) electrons. The molecule has 2 rings (SSSR count). The highest BCUT2D eigenvalue weighted by Crippen LogP contribution is 2.17. The van der Waals surface area contributed by atoms with Gasteiger partial charge in [-0.1, -0.05) is 11.8 Å². The molecule has 102 valence electrons. The van der Waals surface area contributed by atoms with Crippen LogP contribution in [0.5, 0.6) is 0 Å². The zero-order valence-corrected chi connectivity index (χ0v) is 11.8. The van der Waals surface area contributed by atoms with Gasteiger partial charge in [-0.15, -0.1) is 0 Å². The van der Waals surface area contributed by atoms with Crippen LogP contribution in [-0.4, -0.2) is 48.8 Å². The number of piperazine rings is 1. The number of aliphatic hydroxyl groups excluding tert-OH is 1. The van der Waals surface area contributed by atoms with Crippen LogP contribution in [0.3, 0.4) is 0 Å². The van der Waals surface area contributed by atoms with Gasteiger partial charge in [-0.2, -0.15) is 0 Å². The molecule has 3 heteroatoms. The van der Waals surface area contributed by atoms with Gasteiger partial charge in [0.1, 0.15) is 6.61 Å². The van der Waals surface area contributed by atoms with Crippen molar-refractivity contribution >= 4 is 5.69 Å². The normalized spacial score (nSPS) is 16.3. The first-order valence-corrected chi connectivity index (χ1v) is 6.89. The summed E-state index contributed by atoms with van der Waals surface area (Å²) in [5, 5.41) is 8.67. The number of aliphatic hydroxyl groups is 1. The van der Waals surface area contributed by atoms with Crippen molar-refractivity contribution in [3.8, 4) is 11.8 Å². The van der Waals surface area contributed by atoms with E-state index < -0.39 is 0 Å². The van der Waals surface area contributed by atoms with Crippen molar-refractivity contribution < 1.29 is 5.11 Å². The lowest BCUT2D eigenvalue weighted by molar-refractivity contribution is 0.209. The summed E-state index contributed by atoms with van der Waals surface area (Å²) in [4.78, 5) is 4.93. The smallest absolute Gasteiger partial charge is 0.104 e. The molecule has 0 aliphatic carbocycles. The number of anilines is 1. The van der Waals surface area contributed by atoms with Crippen LogP contribution in [0.25, 0.3) is 0 Å². The van der Waals surface area contributed by atoms with E-state index in [4.69, 9.17) is 5.11 Å². The van der Waals surface area contributed by atoms with E-state index in [9.17, 15) is 0 Å². The minimum Gasteiger partial charge on any atom is -0.384 e. The largest absolute Gasteiger partial charge is 0.384 e. The van der Waals surface area contributed by atoms with Gasteiger partial charge in [0.25, 0.3) is 0 Å². The Kier molecular flexibility index (Phi) is 4.84. The molecule has 3 nitrogen and oxygen atoms in total. The van der Waals surface area contributed by atoms with Gasteiger partial charge in [0, 0.05) is 43.5 Å². The molecule has 1 aliphatic rings. The highest BCUT2D eigenvalue weighted by atomic mass is 16.2. The molecule has 1 N–H and O–H groups in total. The van der Waals surface area contributed by atoms with E-state index >= 15 is 0 Å². The molecule has 19 heavy (non-hydrogen) atoms. The monoisotopic (exact) mass is 258 g/mol. The van der Waals surface area contributed by atoms with Crippen LogP contribution < -0.4 is 4.90 Å². The van der Waals surface area contributed by atoms with Crippen molar-refractivity contribution in [2.24, 2.45) is 0 Å². The van der Waals surface area contributed by atoms with Crippen LogP contribution in [0.1, 0.15) is 19.4 Å². The summed E-state index contributed by atoms with van der Waals surface area (Å²) >= 11 is 0. The van der Waals surface area contributed by atoms with E-state index in [1.807, 2.05) is 12.1 Å². The Balaban J connectivity index is 1.96. The fraction of sp³-hybridized carbons (Fsp3) is 0.500. The number of nitrogens with zero attached hydrogens (tertiary/aromatic N) is 2. The van der Waals surface area contributed by atoms with Gasteiger partial charge < -0.3 is 10.0 Å². The van der Waals surface area contributed by atoms with Gasteiger partial charge >= 0.3 is 0 Å². The molecule has 1 heterocycles. The first-order chi connectivity index (χ1) is 9.20. The number of rotatable bonds is 2. The molecule has 1 fully saturated rings. The van der Waals surface area contributed by atoms with Crippen LogP contribution in [-0.2, 0) is 0 Å². The van der Waals surface area contributed by atoms with Gasteiger partial charge in [-0.25, -0.2) is 0 Å². The highest BCUT2D eigenvalue weighted by Gasteiger charge is 2.18. The Morgan fingerprint density at radius 2 is 1.74 bits per heavy atom. The molecule has 0 aromatic heterocycles. The third kappa shape index (κ3) is 3.73. The lowest BCUT2D eigenvalue weighted by atomic mass is 10.1. The van der Waals surface area contributed by atoms with Crippen LogP contribution in [0.15, 0.2) is 24.3 Å². The predicted molar refractivity (Wildman–Crippen MR) is 79.3 cm³/mol. The Labute approximate surface area is 115 Å². The zero-order chi connectivity index (χ0) is 13.7. The molecule has 0 amide bonds. The van der Waals surface area contributed by atoms with Crippen molar-refractivity contribution in [2.45, 2.75) is 19.9 Å². The second-order valence-corrected chi connectivity index (χ2v) is 5.12. The first kappa shape index (κ1) is 13.9. The maximum absolute atomic E-state index is 8.67. The van der Waals surface area contributed by atoms with Crippen LogP contribution in [0.2, 0.25) is 0 Å². The quantitative estimate of drug-likeness (QED) is 0.816. The predicted octanol–water partition coefficient (Wildman–Crippen LogP) is 1.56. The van der Waals surface area contributed by atoms with Gasteiger partial charge in [-0.3, -0.25) is 4.90 Å². The van der Waals surface area contributed by atoms with Crippen molar-refractivity contribution in [1.82, 2.24) is 4.90 Å². The van der Waals surface area contributed by atoms with Crippen LogP contribution in [0, 0.1) is 11.8 Å². The first-order valence-electron chi connectivity index (χ1n) is 6.89. The standard InChI is InChI=1S/C16H22N2O/c1-14(2)17-9-11-18(12-10-17)16-7-5-15(6-8-16)4-3-13-19/h5-8,14,19H,9-13H2,1-2H3. The van der Waals surface area contributed by atoms with Crippen molar-refractivity contribution in [1.29, 1.82) is 0 Å². The second-order valence-electron chi connectivity index (χ2n) is 5.12. The summed E-state index contributed by atoms with van der Waals surface area (Å²) in [6.07, 6.45) is 0. The number of hydrogen-bond donors (Lipinski definition) is 1. The van der Waals surface area contributed by atoms with E-state index in [1.54, 1.807) is 0 Å². The third-order valence-corrected chi connectivity index (χ3v) is 3.59. The summed E-state index contributed by atoms with van der Waals surface area (Å²) in [6.45, 7) is 8.85. The topological polar surface area (TPSA) is 26.7 Å². The lowest BCUT2D eigenvalue weighted by Crippen LogP contribution is -2.48. The zero-order valence-electron chi connectivity index (χ0n) is 11.8. The molecule has 0 saturated carbocycles. The summed E-state index contributed by atoms with van der Waals surface area (Å²) < 4.78 is 0. The number of hydrogen-bond acceptors (Lipinski definition) is 3. The van der Waals surface area contributed by atoms with Gasteiger partial charge in [0.15, 0.2) is 0 Å². The molecule has 0 bridgehead atoms. The van der Waals surface area contributed by atoms with Crippen molar-refractivity contribution in [3.05, 3.63) is 29.8 Å². The molecule has 1 aromatic rings. The molecule has 0 atom stereocenters. The molecular weight excluding hydrogens is 236 g/mol. The molecule has 0 spiro atoms. The van der Waals surface area contributed by atoms with E-state index in [0.717, 1.165) is 31.7 Å². The minimum absolute atomic E-state index is 0.0844. The Hall–Kier alpha value is -1.50.